The minimum Gasteiger partial charge on any atom is -0.310 e. The zero-order valence-corrected chi connectivity index (χ0v) is 14.8. The molecule has 0 radical (unpaired) electrons. The third-order valence-corrected chi connectivity index (χ3v) is 5.14. The zero-order valence-electron chi connectivity index (χ0n) is 14.8. The lowest BCUT2D eigenvalue weighted by Gasteiger charge is -2.32. The molecule has 1 saturated heterocycles. The van der Waals surface area contributed by atoms with Gasteiger partial charge in [-0.15, -0.1) is 0 Å². The molecule has 0 unspecified atom stereocenters. The Bertz CT molecular complexity index is 867. The van der Waals surface area contributed by atoms with Crippen molar-refractivity contribution >= 4 is 16.7 Å². The maximum Gasteiger partial charge on any atom is 0.244 e. The third-order valence-electron chi connectivity index (χ3n) is 5.14. The van der Waals surface area contributed by atoms with Crippen LogP contribution in [0.3, 0.4) is 0 Å². The molecular weight excluding hydrogens is 324 g/mol. The summed E-state index contributed by atoms with van der Waals surface area (Å²) in [6, 6.07) is 12.9. The molecule has 5 nitrogen and oxygen atoms in total. The predicted octanol–water partition coefficient (Wildman–Crippen LogP) is 2.93. The van der Waals surface area contributed by atoms with Gasteiger partial charge in [-0.1, -0.05) is 12.1 Å². The highest BCUT2D eigenvalue weighted by Crippen LogP contribution is 2.16. The van der Waals surface area contributed by atoms with E-state index in [1.807, 2.05) is 36.9 Å². The number of benzene rings is 1. The first-order valence-corrected chi connectivity index (χ1v) is 9.22. The third kappa shape index (κ3) is 4.00. The molecule has 0 saturated carbocycles. The van der Waals surface area contributed by atoms with Crippen LogP contribution in [-0.4, -0.2) is 46.0 Å². The Balaban J connectivity index is 1.25. The van der Waals surface area contributed by atoms with E-state index in [4.69, 9.17) is 0 Å². The number of carbonyl (C=O) groups excluding carboxylic acids is 1. The second kappa shape index (κ2) is 7.81. The molecule has 0 amide bonds. The van der Waals surface area contributed by atoms with Gasteiger partial charge in [0.15, 0.2) is 0 Å². The Morgan fingerprint density at radius 1 is 1.12 bits per heavy atom. The van der Waals surface area contributed by atoms with Gasteiger partial charge in [-0.2, -0.15) is 0 Å². The van der Waals surface area contributed by atoms with Crippen LogP contribution in [0.2, 0.25) is 0 Å². The highest BCUT2D eigenvalue weighted by Gasteiger charge is 2.20. The molecule has 1 fully saturated rings. The molecule has 2 aromatic heterocycles. The lowest BCUT2D eigenvalue weighted by atomic mass is 10.0. The minimum atomic E-state index is 0.145. The van der Waals surface area contributed by atoms with Crippen molar-refractivity contribution in [3.63, 3.8) is 0 Å². The highest BCUT2D eigenvalue weighted by molar-refractivity contribution is 5.82. The Labute approximate surface area is 153 Å². The second-order valence-corrected chi connectivity index (χ2v) is 6.97. The number of hydrogen-bond acceptors (Lipinski definition) is 4. The van der Waals surface area contributed by atoms with Gasteiger partial charge in [0.1, 0.15) is 0 Å². The van der Waals surface area contributed by atoms with Crippen LogP contribution in [0.15, 0.2) is 61.2 Å². The Hall–Kier alpha value is -2.50. The summed E-state index contributed by atoms with van der Waals surface area (Å²) < 4.78 is 1.67. The van der Waals surface area contributed by atoms with Gasteiger partial charge in [0.05, 0.1) is 6.54 Å². The van der Waals surface area contributed by atoms with E-state index in [2.05, 4.69) is 39.5 Å². The van der Waals surface area contributed by atoms with Crippen molar-refractivity contribution in [2.24, 2.45) is 0 Å². The number of pyridine rings is 1. The normalized spacial score (nSPS) is 16.2. The van der Waals surface area contributed by atoms with Crippen LogP contribution in [0, 0.1) is 0 Å². The van der Waals surface area contributed by atoms with Crippen molar-refractivity contribution in [1.82, 2.24) is 19.8 Å². The standard InChI is InChI=1S/C21H24N4O/c26-21(25-9-1-2-10-25)16-24-11-6-20(7-12-24)23-14-17-3-4-19-15-22-8-5-18(19)13-17/h1-5,8-10,13,15,20,23H,6-7,11-12,14,16H2. The van der Waals surface area contributed by atoms with Gasteiger partial charge in [-0.3, -0.25) is 19.2 Å². The van der Waals surface area contributed by atoms with E-state index in [9.17, 15) is 4.79 Å². The predicted molar refractivity (Wildman–Crippen MR) is 103 cm³/mol. The zero-order chi connectivity index (χ0) is 17.8. The summed E-state index contributed by atoms with van der Waals surface area (Å²) in [5.41, 5.74) is 1.30. The summed E-state index contributed by atoms with van der Waals surface area (Å²) in [4.78, 5) is 18.6. The highest BCUT2D eigenvalue weighted by atomic mass is 16.2. The first-order valence-electron chi connectivity index (χ1n) is 9.22. The molecule has 26 heavy (non-hydrogen) atoms. The molecule has 134 valence electrons. The summed E-state index contributed by atoms with van der Waals surface area (Å²) in [6.45, 7) is 3.31. The van der Waals surface area contributed by atoms with Crippen molar-refractivity contribution in [3.05, 3.63) is 66.7 Å². The van der Waals surface area contributed by atoms with Gasteiger partial charge >= 0.3 is 0 Å². The number of nitrogens with zero attached hydrogens (tertiary/aromatic N) is 3. The number of nitrogens with one attached hydrogen (secondary N) is 1. The van der Waals surface area contributed by atoms with Crippen LogP contribution in [0.25, 0.3) is 10.8 Å². The molecule has 0 atom stereocenters. The van der Waals surface area contributed by atoms with E-state index in [1.165, 1.54) is 16.3 Å². The minimum absolute atomic E-state index is 0.145. The van der Waals surface area contributed by atoms with Gasteiger partial charge in [-0.25, -0.2) is 0 Å². The van der Waals surface area contributed by atoms with Crippen LogP contribution in [-0.2, 0) is 6.54 Å². The number of likely N-dealkylation sites (tertiary alicyclic amines) is 1. The molecule has 5 heteroatoms. The molecule has 1 aliphatic heterocycles. The van der Waals surface area contributed by atoms with Crippen LogP contribution in [0.4, 0.5) is 0 Å². The number of carbonyl (C=O) groups is 1. The first kappa shape index (κ1) is 16.9. The fraction of sp³-hybridized carbons (Fsp3) is 0.333. The van der Waals surface area contributed by atoms with Crippen LogP contribution >= 0.6 is 0 Å². The SMILES string of the molecule is O=C(CN1CCC(NCc2ccc3cnccc3c2)CC1)n1cccc1. The monoisotopic (exact) mass is 348 g/mol. The molecule has 0 bridgehead atoms. The molecule has 3 aromatic rings. The fourth-order valence-electron chi connectivity index (χ4n) is 3.57. The van der Waals surface area contributed by atoms with Crippen molar-refractivity contribution < 1.29 is 4.79 Å². The smallest absolute Gasteiger partial charge is 0.244 e. The van der Waals surface area contributed by atoms with Gasteiger partial charge in [0, 0.05) is 55.8 Å². The number of fused-ring (bicyclic) bond motifs is 1. The number of piperidine rings is 1. The van der Waals surface area contributed by atoms with Crippen molar-refractivity contribution in [3.8, 4) is 0 Å². The molecule has 4 rings (SSSR count). The summed E-state index contributed by atoms with van der Waals surface area (Å²) >= 11 is 0. The average Bonchev–Trinajstić information content (AvgIpc) is 3.22. The Kier molecular flexibility index (Phi) is 5.09. The maximum atomic E-state index is 12.2. The van der Waals surface area contributed by atoms with E-state index in [0.717, 1.165) is 32.5 Å². The average molecular weight is 348 g/mol. The van der Waals surface area contributed by atoms with Gasteiger partial charge in [-0.05, 0) is 48.1 Å². The Morgan fingerprint density at radius 2 is 1.92 bits per heavy atom. The molecule has 0 aliphatic carbocycles. The fourth-order valence-corrected chi connectivity index (χ4v) is 3.57. The van der Waals surface area contributed by atoms with Crippen LogP contribution < -0.4 is 5.32 Å². The summed E-state index contributed by atoms with van der Waals surface area (Å²) in [7, 11) is 0. The lowest BCUT2D eigenvalue weighted by Crippen LogP contribution is -2.44. The molecule has 1 aromatic carbocycles. The van der Waals surface area contributed by atoms with E-state index in [0.29, 0.717) is 12.6 Å². The van der Waals surface area contributed by atoms with Gasteiger partial charge in [0.2, 0.25) is 5.91 Å². The quantitative estimate of drug-likeness (QED) is 0.770. The van der Waals surface area contributed by atoms with Gasteiger partial charge < -0.3 is 5.32 Å². The van der Waals surface area contributed by atoms with Crippen molar-refractivity contribution in [2.75, 3.05) is 19.6 Å². The summed E-state index contributed by atoms with van der Waals surface area (Å²) in [6.07, 6.45) is 9.53. The van der Waals surface area contributed by atoms with Crippen molar-refractivity contribution in [1.29, 1.82) is 0 Å². The lowest BCUT2D eigenvalue weighted by molar-refractivity contribution is 0.0822. The molecule has 1 aliphatic rings. The van der Waals surface area contributed by atoms with E-state index < -0.39 is 0 Å². The van der Waals surface area contributed by atoms with Crippen LogP contribution in [0.1, 0.15) is 23.2 Å². The molecular formula is C21H24N4O. The van der Waals surface area contributed by atoms with E-state index in [1.54, 1.807) is 4.57 Å². The van der Waals surface area contributed by atoms with Gasteiger partial charge in [0.25, 0.3) is 0 Å². The number of hydrogen-bond donors (Lipinski definition) is 1. The second-order valence-electron chi connectivity index (χ2n) is 6.97. The topological polar surface area (TPSA) is 50.2 Å². The number of rotatable bonds is 5. The first-order chi connectivity index (χ1) is 12.8. The Morgan fingerprint density at radius 3 is 2.73 bits per heavy atom. The van der Waals surface area contributed by atoms with Crippen LogP contribution in [0.5, 0.6) is 0 Å². The molecule has 3 heterocycles. The summed E-state index contributed by atoms with van der Waals surface area (Å²) in [5.74, 6) is 0.145. The van der Waals surface area contributed by atoms with Crippen molar-refractivity contribution in [2.45, 2.75) is 25.4 Å². The van der Waals surface area contributed by atoms with E-state index >= 15 is 0 Å². The molecule has 1 N–H and O–H groups in total. The van der Waals surface area contributed by atoms with E-state index in [-0.39, 0.29) is 5.91 Å². The largest absolute Gasteiger partial charge is 0.310 e. The number of aromatic nitrogens is 2. The maximum absolute atomic E-state index is 12.2. The summed E-state index contributed by atoms with van der Waals surface area (Å²) in [5, 5.41) is 6.08. The molecule has 0 spiro atoms.